The number of ether oxygens (including phenoxy) is 2. The molecule has 0 spiro atoms. The molecule has 0 unspecified atom stereocenters. The molecule has 0 saturated heterocycles. The molecule has 2 saturated carbocycles. The average molecular weight is 445 g/mol. The van der Waals surface area contributed by atoms with Crippen LogP contribution in [0.25, 0.3) is 11.2 Å². The van der Waals surface area contributed by atoms with Crippen LogP contribution >= 0.6 is 11.6 Å². The fourth-order valence-electron chi connectivity index (χ4n) is 4.01. The van der Waals surface area contributed by atoms with Crippen LogP contribution in [0.5, 0.6) is 11.5 Å². The van der Waals surface area contributed by atoms with Crippen LogP contribution in [0.1, 0.15) is 31.2 Å². The SMILES string of the molecule is COc1ccc(Cn2c(Cl)nc3c2c(=O)n(CC2CC2)c(=O)n3CC2CC2)cc1OC. The Hall–Kier alpha value is -2.74. The third-order valence-corrected chi connectivity index (χ3v) is 6.42. The van der Waals surface area contributed by atoms with Crippen molar-refractivity contribution < 1.29 is 9.47 Å². The van der Waals surface area contributed by atoms with Gasteiger partial charge in [0.1, 0.15) is 0 Å². The lowest BCUT2D eigenvalue weighted by Crippen LogP contribution is -2.41. The Kier molecular flexibility index (Phi) is 5.04. The summed E-state index contributed by atoms with van der Waals surface area (Å²) in [5.41, 5.74) is 1.04. The first-order valence-corrected chi connectivity index (χ1v) is 11.0. The Bertz CT molecular complexity index is 1270. The largest absolute Gasteiger partial charge is 0.493 e. The number of rotatable bonds is 8. The summed E-state index contributed by atoms with van der Waals surface area (Å²) >= 11 is 6.50. The molecule has 0 atom stereocenters. The Labute approximate surface area is 184 Å². The summed E-state index contributed by atoms with van der Waals surface area (Å²) < 4.78 is 15.4. The lowest BCUT2D eigenvalue weighted by atomic mass is 10.2. The monoisotopic (exact) mass is 444 g/mol. The first-order chi connectivity index (χ1) is 15.0. The summed E-state index contributed by atoms with van der Waals surface area (Å²) in [6, 6.07) is 5.56. The zero-order chi connectivity index (χ0) is 21.7. The van der Waals surface area contributed by atoms with Crippen LogP contribution in [-0.2, 0) is 19.6 Å². The minimum atomic E-state index is -0.321. The molecule has 8 nitrogen and oxygen atoms in total. The number of halogens is 1. The van der Waals surface area contributed by atoms with Crippen molar-refractivity contribution in [3.63, 3.8) is 0 Å². The molecule has 164 valence electrons. The molecular weight excluding hydrogens is 420 g/mol. The van der Waals surface area contributed by atoms with E-state index in [0.29, 0.717) is 54.1 Å². The van der Waals surface area contributed by atoms with Crippen LogP contribution in [0.2, 0.25) is 5.28 Å². The number of aromatic nitrogens is 4. The highest BCUT2D eigenvalue weighted by Crippen LogP contribution is 2.33. The van der Waals surface area contributed by atoms with Crippen LogP contribution in [0.15, 0.2) is 27.8 Å². The quantitative estimate of drug-likeness (QED) is 0.499. The molecule has 3 aromatic rings. The fourth-order valence-corrected chi connectivity index (χ4v) is 4.24. The van der Waals surface area contributed by atoms with E-state index in [1.165, 1.54) is 4.57 Å². The van der Waals surface area contributed by atoms with E-state index in [1.54, 1.807) is 23.4 Å². The minimum Gasteiger partial charge on any atom is -0.493 e. The van der Waals surface area contributed by atoms with Crippen molar-refractivity contribution in [3.8, 4) is 11.5 Å². The van der Waals surface area contributed by atoms with Crippen molar-refractivity contribution in [2.75, 3.05) is 14.2 Å². The van der Waals surface area contributed by atoms with Crippen LogP contribution in [0, 0.1) is 11.8 Å². The van der Waals surface area contributed by atoms with Crippen LogP contribution in [-0.4, -0.2) is 32.9 Å². The van der Waals surface area contributed by atoms with Gasteiger partial charge in [-0.15, -0.1) is 0 Å². The molecular formula is C22H25ClN4O4. The zero-order valence-corrected chi connectivity index (χ0v) is 18.4. The smallest absolute Gasteiger partial charge is 0.332 e. The number of fused-ring (bicyclic) bond motifs is 1. The molecule has 0 radical (unpaired) electrons. The normalized spacial score (nSPS) is 16.1. The highest BCUT2D eigenvalue weighted by atomic mass is 35.5. The van der Waals surface area contributed by atoms with Gasteiger partial charge >= 0.3 is 5.69 Å². The number of benzene rings is 1. The molecule has 2 aliphatic rings. The Morgan fingerprint density at radius 3 is 2.23 bits per heavy atom. The third-order valence-electron chi connectivity index (χ3n) is 6.13. The predicted molar refractivity (Wildman–Crippen MR) is 117 cm³/mol. The van der Waals surface area contributed by atoms with Crippen molar-refractivity contribution in [1.82, 2.24) is 18.7 Å². The van der Waals surface area contributed by atoms with Gasteiger partial charge in [0, 0.05) is 13.1 Å². The Morgan fingerprint density at radius 1 is 0.968 bits per heavy atom. The van der Waals surface area contributed by atoms with Gasteiger partial charge in [0.05, 0.1) is 20.8 Å². The van der Waals surface area contributed by atoms with Crippen LogP contribution < -0.4 is 20.7 Å². The van der Waals surface area contributed by atoms with Crippen LogP contribution in [0.3, 0.4) is 0 Å². The van der Waals surface area contributed by atoms with Crippen molar-refractivity contribution >= 4 is 22.8 Å². The van der Waals surface area contributed by atoms with Gasteiger partial charge in [0.2, 0.25) is 5.28 Å². The topological polar surface area (TPSA) is 80.3 Å². The molecule has 5 rings (SSSR count). The van der Waals surface area contributed by atoms with E-state index in [4.69, 9.17) is 21.1 Å². The molecule has 0 aliphatic heterocycles. The molecule has 0 bridgehead atoms. The van der Waals surface area contributed by atoms with Crippen molar-refractivity contribution in [2.45, 2.75) is 45.3 Å². The molecule has 31 heavy (non-hydrogen) atoms. The molecule has 1 aromatic carbocycles. The number of imidazole rings is 1. The fraction of sp³-hybridized carbons (Fsp3) is 0.500. The van der Waals surface area contributed by atoms with E-state index >= 15 is 0 Å². The maximum atomic E-state index is 13.4. The molecule has 2 fully saturated rings. The van der Waals surface area contributed by atoms with Crippen molar-refractivity contribution in [3.05, 3.63) is 49.9 Å². The summed E-state index contributed by atoms with van der Waals surface area (Å²) in [6.45, 7) is 1.36. The molecule has 2 heterocycles. The summed E-state index contributed by atoms with van der Waals surface area (Å²) in [7, 11) is 3.16. The van der Waals surface area contributed by atoms with Gasteiger partial charge in [-0.2, -0.15) is 4.98 Å². The van der Waals surface area contributed by atoms with E-state index in [9.17, 15) is 9.59 Å². The van der Waals surface area contributed by atoms with E-state index < -0.39 is 0 Å². The maximum absolute atomic E-state index is 13.4. The van der Waals surface area contributed by atoms with Gasteiger partial charge < -0.3 is 14.0 Å². The van der Waals surface area contributed by atoms with E-state index in [2.05, 4.69) is 4.98 Å². The molecule has 2 aliphatic carbocycles. The highest BCUT2D eigenvalue weighted by Gasteiger charge is 2.29. The average Bonchev–Trinajstić information content (AvgIpc) is 3.69. The van der Waals surface area contributed by atoms with Gasteiger partial charge in [0.25, 0.3) is 5.56 Å². The molecule has 0 amide bonds. The summed E-state index contributed by atoms with van der Waals surface area (Å²) in [6.07, 6.45) is 4.29. The number of hydrogen-bond acceptors (Lipinski definition) is 5. The predicted octanol–water partition coefficient (Wildman–Crippen LogP) is 2.90. The maximum Gasteiger partial charge on any atom is 0.332 e. The first kappa shape index (κ1) is 20.2. The summed E-state index contributed by atoms with van der Waals surface area (Å²) in [5.74, 6) is 2.08. The summed E-state index contributed by atoms with van der Waals surface area (Å²) in [5, 5.41) is 0.190. The molecule has 0 N–H and O–H groups in total. The van der Waals surface area contributed by atoms with E-state index in [1.807, 2.05) is 18.2 Å². The van der Waals surface area contributed by atoms with Gasteiger partial charge in [-0.25, -0.2) is 4.79 Å². The standard InChI is InChI=1S/C22H25ClN4O4/c1-30-16-8-7-15(9-17(16)31-2)12-25-18-19(24-21(25)23)26(10-13-3-4-13)22(29)27(20(18)28)11-14-5-6-14/h7-9,13-14H,3-6,10-12H2,1-2H3. The second-order valence-corrected chi connectivity index (χ2v) is 8.86. The van der Waals surface area contributed by atoms with E-state index in [-0.39, 0.29) is 16.5 Å². The Morgan fingerprint density at radius 2 is 1.61 bits per heavy atom. The lowest BCUT2D eigenvalue weighted by Gasteiger charge is -2.13. The zero-order valence-electron chi connectivity index (χ0n) is 17.6. The van der Waals surface area contributed by atoms with Gasteiger partial charge in [0.15, 0.2) is 22.7 Å². The Balaban J connectivity index is 1.65. The van der Waals surface area contributed by atoms with Crippen molar-refractivity contribution in [1.29, 1.82) is 0 Å². The molecule has 2 aromatic heterocycles. The second-order valence-electron chi connectivity index (χ2n) is 8.52. The third kappa shape index (κ3) is 3.73. The number of methoxy groups -OCH3 is 2. The van der Waals surface area contributed by atoms with Gasteiger partial charge in [-0.1, -0.05) is 6.07 Å². The van der Waals surface area contributed by atoms with Crippen molar-refractivity contribution in [2.24, 2.45) is 11.8 Å². The molecule has 9 heteroatoms. The highest BCUT2D eigenvalue weighted by molar-refractivity contribution is 6.29. The lowest BCUT2D eigenvalue weighted by molar-refractivity contribution is 0.354. The van der Waals surface area contributed by atoms with E-state index in [0.717, 1.165) is 31.2 Å². The van der Waals surface area contributed by atoms with Gasteiger partial charge in [-0.3, -0.25) is 13.9 Å². The number of nitrogens with zero attached hydrogens (tertiary/aromatic N) is 4. The van der Waals surface area contributed by atoms with Crippen LogP contribution in [0.4, 0.5) is 0 Å². The first-order valence-electron chi connectivity index (χ1n) is 10.6. The summed E-state index contributed by atoms with van der Waals surface area (Å²) in [4.78, 5) is 31.0. The second kappa shape index (κ2) is 7.75. The van der Waals surface area contributed by atoms with Gasteiger partial charge in [-0.05, 0) is 66.8 Å². The number of hydrogen-bond donors (Lipinski definition) is 0. The minimum absolute atomic E-state index is 0.190.